The van der Waals surface area contributed by atoms with Crippen LogP contribution in [0.1, 0.15) is 17.9 Å². The molecule has 0 aliphatic carbocycles. The average molecular weight is 527 g/mol. The summed E-state index contributed by atoms with van der Waals surface area (Å²) >= 11 is 12.2. The largest absolute Gasteiger partial charge is 0.436 e. The molecule has 0 aliphatic heterocycles. The van der Waals surface area contributed by atoms with Gasteiger partial charge in [-0.25, -0.2) is 18.4 Å². The molecule has 0 saturated carbocycles. The van der Waals surface area contributed by atoms with Crippen molar-refractivity contribution in [2.24, 2.45) is 0 Å². The minimum atomic E-state index is -4.26. The first-order chi connectivity index (χ1) is 16.7. The van der Waals surface area contributed by atoms with E-state index in [0.29, 0.717) is 21.7 Å². The van der Waals surface area contributed by atoms with Gasteiger partial charge >= 0.3 is 0 Å². The zero-order valence-corrected chi connectivity index (χ0v) is 20.4. The Morgan fingerprint density at radius 3 is 2.29 bits per heavy atom. The topological polar surface area (TPSA) is 122 Å². The summed E-state index contributed by atoms with van der Waals surface area (Å²) < 4.78 is 32.8. The Kier molecular flexibility index (Phi) is 6.89. The van der Waals surface area contributed by atoms with Gasteiger partial charge in [-0.2, -0.15) is 5.26 Å². The molecule has 1 atom stereocenters. The first kappa shape index (κ1) is 24.4. The SMILES string of the molecule is CC(=O)Nc1ccc(S(=O)(=O)[C@@H](C#N)c2nc3ccccc3nc2Oc2ccc(Cl)cc2Cl)cc1. The third kappa shape index (κ3) is 5.20. The van der Waals surface area contributed by atoms with Gasteiger partial charge in [0, 0.05) is 17.6 Å². The zero-order valence-electron chi connectivity index (χ0n) is 18.1. The van der Waals surface area contributed by atoms with E-state index >= 15 is 0 Å². The van der Waals surface area contributed by atoms with Gasteiger partial charge in [0.25, 0.3) is 0 Å². The number of nitrogens with zero attached hydrogens (tertiary/aromatic N) is 3. The molecule has 4 rings (SSSR count). The van der Waals surface area contributed by atoms with Gasteiger partial charge in [-0.1, -0.05) is 35.3 Å². The summed E-state index contributed by atoms with van der Waals surface area (Å²) in [6.07, 6.45) is 0. The van der Waals surface area contributed by atoms with Crippen LogP contribution in [0.4, 0.5) is 5.69 Å². The summed E-state index contributed by atoms with van der Waals surface area (Å²) in [5.41, 5.74) is 1.04. The van der Waals surface area contributed by atoms with E-state index in [0.717, 1.165) is 0 Å². The number of hydrogen-bond donors (Lipinski definition) is 1. The molecule has 8 nitrogen and oxygen atoms in total. The van der Waals surface area contributed by atoms with E-state index in [-0.39, 0.29) is 33.1 Å². The van der Waals surface area contributed by atoms with Gasteiger partial charge in [-0.05, 0) is 54.6 Å². The summed E-state index contributed by atoms with van der Waals surface area (Å²) in [5, 5.41) is 11.3. The van der Waals surface area contributed by atoms with Gasteiger partial charge in [0.15, 0.2) is 5.25 Å². The Bertz CT molecular complexity index is 1590. The van der Waals surface area contributed by atoms with Gasteiger partial charge in [-0.3, -0.25) is 4.79 Å². The molecule has 0 spiro atoms. The molecule has 0 saturated heterocycles. The Labute approximate surface area is 211 Å². The van der Waals surface area contributed by atoms with Crippen molar-refractivity contribution in [3.63, 3.8) is 0 Å². The number of rotatable bonds is 6. The van der Waals surface area contributed by atoms with Crippen molar-refractivity contribution in [1.29, 1.82) is 5.26 Å². The maximum atomic E-state index is 13.5. The number of hydrogen-bond acceptors (Lipinski definition) is 7. The lowest BCUT2D eigenvalue weighted by Gasteiger charge is -2.16. The number of carbonyl (C=O) groups is 1. The molecule has 0 fully saturated rings. The quantitative estimate of drug-likeness (QED) is 0.340. The molecular weight excluding hydrogens is 511 g/mol. The predicted octanol–water partition coefficient (Wildman–Crippen LogP) is 5.73. The van der Waals surface area contributed by atoms with Crippen LogP contribution in [0.25, 0.3) is 11.0 Å². The van der Waals surface area contributed by atoms with Crippen LogP contribution in [0.5, 0.6) is 11.6 Å². The van der Waals surface area contributed by atoms with E-state index in [1.54, 1.807) is 30.3 Å². The van der Waals surface area contributed by atoms with E-state index in [4.69, 9.17) is 27.9 Å². The molecule has 0 unspecified atom stereocenters. The Hall–Kier alpha value is -3.71. The van der Waals surface area contributed by atoms with Crippen LogP contribution in [0.2, 0.25) is 10.0 Å². The van der Waals surface area contributed by atoms with Crippen molar-refractivity contribution < 1.29 is 17.9 Å². The molecule has 1 heterocycles. The average Bonchev–Trinajstić information content (AvgIpc) is 2.81. The van der Waals surface area contributed by atoms with Crippen molar-refractivity contribution in [2.45, 2.75) is 17.1 Å². The second-order valence-corrected chi connectivity index (χ2v) is 10.2. The van der Waals surface area contributed by atoms with Crippen LogP contribution >= 0.6 is 23.2 Å². The van der Waals surface area contributed by atoms with Crippen molar-refractivity contribution >= 4 is 55.7 Å². The highest BCUT2D eigenvalue weighted by molar-refractivity contribution is 7.92. The molecule has 176 valence electrons. The van der Waals surface area contributed by atoms with Crippen molar-refractivity contribution in [3.05, 3.63) is 82.5 Å². The number of fused-ring (bicyclic) bond motifs is 1. The summed E-state index contributed by atoms with van der Waals surface area (Å²) in [4.78, 5) is 20.0. The molecule has 3 aromatic carbocycles. The molecule has 1 aromatic heterocycles. The van der Waals surface area contributed by atoms with Crippen LogP contribution in [-0.4, -0.2) is 24.3 Å². The lowest BCUT2D eigenvalue weighted by molar-refractivity contribution is -0.114. The Balaban J connectivity index is 1.83. The van der Waals surface area contributed by atoms with Crippen molar-refractivity contribution in [1.82, 2.24) is 9.97 Å². The normalized spacial score (nSPS) is 12.1. The summed E-state index contributed by atoms with van der Waals surface area (Å²) in [5.74, 6) is -0.321. The van der Waals surface area contributed by atoms with Crippen molar-refractivity contribution in [3.8, 4) is 17.7 Å². The van der Waals surface area contributed by atoms with Gasteiger partial charge in [0.1, 0.15) is 11.4 Å². The summed E-state index contributed by atoms with van der Waals surface area (Å²) in [6, 6.07) is 18.6. The van der Waals surface area contributed by atoms with Crippen LogP contribution in [0.15, 0.2) is 71.6 Å². The van der Waals surface area contributed by atoms with E-state index in [1.807, 2.05) is 6.07 Å². The molecule has 0 radical (unpaired) electrons. The van der Waals surface area contributed by atoms with E-state index in [2.05, 4.69) is 15.3 Å². The predicted molar refractivity (Wildman–Crippen MR) is 132 cm³/mol. The Morgan fingerprint density at radius 1 is 1.03 bits per heavy atom. The molecule has 1 amide bonds. The van der Waals surface area contributed by atoms with Gasteiger partial charge in [0.2, 0.25) is 21.6 Å². The summed E-state index contributed by atoms with van der Waals surface area (Å²) in [6.45, 7) is 1.34. The number of sulfone groups is 1. The number of nitrogens with one attached hydrogen (secondary N) is 1. The molecule has 1 N–H and O–H groups in total. The number of aromatic nitrogens is 2. The second-order valence-electron chi connectivity index (χ2n) is 7.34. The molecule has 11 heteroatoms. The molecular formula is C24H16Cl2N4O4S. The summed E-state index contributed by atoms with van der Waals surface area (Å²) in [7, 11) is -4.26. The third-order valence-corrected chi connectivity index (χ3v) is 7.25. The number of ether oxygens (including phenoxy) is 1. The fourth-order valence-electron chi connectivity index (χ4n) is 3.25. The number of benzene rings is 3. The second kappa shape index (κ2) is 9.88. The number of amides is 1. The lowest BCUT2D eigenvalue weighted by atomic mass is 10.2. The Morgan fingerprint density at radius 2 is 1.69 bits per heavy atom. The van der Waals surface area contributed by atoms with Crippen LogP contribution < -0.4 is 10.1 Å². The van der Waals surface area contributed by atoms with Gasteiger partial charge in [0.05, 0.1) is 27.0 Å². The maximum absolute atomic E-state index is 13.5. The van der Waals surface area contributed by atoms with E-state index in [9.17, 15) is 18.5 Å². The maximum Gasteiger partial charge on any atom is 0.244 e. The van der Waals surface area contributed by atoms with Crippen LogP contribution in [0.3, 0.4) is 0 Å². The lowest BCUT2D eigenvalue weighted by Crippen LogP contribution is -2.16. The number of halogens is 2. The van der Waals surface area contributed by atoms with Crippen molar-refractivity contribution in [2.75, 3.05) is 5.32 Å². The monoisotopic (exact) mass is 526 g/mol. The highest BCUT2D eigenvalue weighted by atomic mass is 35.5. The van der Waals surface area contributed by atoms with Gasteiger partial charge < -0.3 is 10.1 Å². The van der Waals surface area contributed by atoms with Crippen LogP contribution in [-0.2, 0) is 14.6 Å². The highest BCUT2D eigenvalue weighted by Crippen LogP contribution is 2.38. The number of carbonyl (C=O) groups excluding carboxylic acids is 1. The molecule has 35 heavy (non-hydrogen) atoms. The highest BCUT2D eigenvalue weighted by Gasteiger charge is 2.34. The standard InChI is InChI=1S/C24H16Cl2N4O4S/c1-14(31)28-16-7-9-17(10-8-16)35(32,33)22(13-27)23-24(30-20-5-3-2-4-19(20)29-23)34-21-11-6-15(25)12-18(21)26/h2-12,22H,1H3,(H,28,31)/t22-/m0/s1. The molecule has 0 bridgehead atoms. The third-order valence-electron chi connectivity index (χ3n) is 4.84. The smallest absolute Gasteiger partial charge is 0.244 e. The minimum Gasteiger partial charge on any atom is -0.436 e. The minimum absolute atomic E-state index is 0.136. The molecule has 4 aromatic rings. The fourth-order valence-corrected chi connectivity index (χ4v) is 5.07. The number of anilines is 1. The first-order valence-electron chi connectivity index (χ1n) is 10.1. The fraction of sp³-hybridized carbons (Fsp3) is 0.0833. The number of para-hydroxylation sites is 2. The first-order valence-corrected chi connectivity index (χ1v) is 12.4. The van der Waals surface area contributed by atoms with E-state index < -0.39 is 15.1 Å². The molecule has 0 aliphatic rings. The van der Waals surface area contributed by atoms with Gasteiger partial charge in [-0.15, -0.1) is 0 Å². The zero-order chi connectivity index (χ0) is 25.2. The van der Waals surface area contributed by atoms with Crippen LogP contribution in [0, 0.1) is 11.3 Å². The number of nitriles is 1. The van der Waals surface area contributed by atoms with E-state index in [1.165, 1.54) is 43.3 Å².